The average Bonchev–Trinajstić information content (AvgIpc) is 2.88. The van der Waals surface area contributed by atoms with Crippen molar-refractivity contribution in [3.05, 3.63) is 0 Å². The zero-order valence-electron chi connectivity index (χ0n) is 7.25. The predicted octanol–water partition coefficient (Wildman–Crippen LogP) is 0.627. The third-order valence-electron chi connectivity index (χ3n) is 2.49. The number of amides is 1. The Kier molecular flexibility index (Phi) is 2.30. The summed E-state index contributed by atoms with van der Waals surface area (Å²) in [6.07, 6.45) is 5.73. The van der Waals surface area contributed by atoms with Gasteiger partial charge >= 0.3 is 0 Å². The summed E-state index contributed by atoms with van der Waals surface area (Å²) in [6, 6.07) is 0. The van der Waals surface area contributed by atoms with Crippen LogP contribution < -0.4 is 10.6 Å². The van der Waals surface area contributed by atoms with Crippen molar-refractivity contribution in [3.63, 3.8) is 0 Å². The molecule has 1 radical (unpaired) electrons. The van der Waals surface area contributed by atoms with Crippen LogP contribution in [-0.2, 0) is 4.79 Å². The number of piperidine rings is 1. The molecule has 0 aromatic carbocycles. The van der Waals surface area contributed by atoms with Gasteiger partial charge in [-0.25, -0.2) is 5.32 Å². The Morgan fingerprint density at radius 3 is 2.67 bits per heavy atom. The predicted molar refractivity (Wildman–Crippen MR) is 45.5 cm³/mol. The minimum absolute atomic E-state index is 0.131. The van der Waals surface area contributed by atoms with Gasteiger partial charge in [-0.3, -0.25) is 4.79 Å². The molecule has 0 aromatic rings. The minimum Gasteiger partial charge on any atom is -0.339 e. The number of carbonyl (C=O) groups is 1. The van der Waals surface area contributed by atoms with Crippen molar-refractivity contribution < 1.29 is 4.79 Å². The van der Waals surface area contributed by atoms with E-state index in [0.29, 0.717) is 5.92 Å². The van der Waals surface area contributed by atoms with Gasteiger partial charge in [0.05, 0.1) is 6.17 Å². The Bertz CT molecular complexity index is 171. The highest BCUT2D eigenvalue weighted by molar-refractivity contribution is 5.81. The van der Waals surface area contributed by atoms with Gasteiger partial charge in [0.2, 0.25) is 5.91 Å². The van der Waals surface area contributed by atoms with E-state index in [0.717, 1.165) is 25.8 Å². The molecule has 1 saturated carbocycles. The first-order valence-electron chi connectivity index (χ1n) is 4.83. The number of hydrogen-bond donors (Lipinski definition) is 1. The lowest BCUT2D eigenvalue weighted by molar-refractivity contribution is -0.123. The van der Waals surface area contributed by atoms with Crippen molar-refractivity contribution in [1.82, 2.24) is 10.6 Å². The van der Waals surface area contributed by atoms with E-state index in [1.165, 1.54) is 12.8 Å². The zero-order valence-corrected chi connectivity index (χ0v) is 7.25. The van der Waals surface area contributed by atoms with E-state index in [9.17, 15) is 4.79 Å². The van der Waals surface area contributed by atoms with E-state index in [2.05, 4.69) is 10.6 Å². The van der Waals surface area contributed by atoms with Crippen molar-refractivity contribution in [1.29, 1.82) is 0 Å². The third kappa shape index (κ3) is 1.97. The molecule has 2 aliphatic rings. The van der Waals surface area contributed by atoms with Crippen LogP contribution in [0.2, 0.25) is 0 Å². The maximum atomic E-state index is 11.3. The molecular formula is C9H15N2O. The SMILES string of the molecule is O=C(NC1CCCC[N]1)C1CC1. The molecule has 67 valence electrons. The van der Waals surface area contributed by atoms with Gasteiger partial charge in [0, 0.05) is 12.5 Å². The number of carbonyl (C=O) groups excluding carboxylic acids is 1. The number of hydrogen-bond acceptors (Lipinski definition) is 1. The summed E-state index contributed by atoms with van der Waals surface area (Å²) in [7, 11) is 0. The number of rotatable bonds is 2. The van der Waals surface area contributed by atoms with Crippen LogP contribution in [0.1, 0.15) is 32.1 Å². The lowest BCUT2D eigenvalue weighted by Gasteiger charge is -2.22. The molecule has 1 amide bonds. The molecule has 1 N–H and O–H groups in total. The molecule has 1 aliphatic carbocycles. The van der Waals surface area contributed by atoms with Crippen LogP contribution >= 0.6 is 0 Å². The lowest BCUT2D eigenvalue weighted by atomic mass is 10.1. The second-order valence-corrected chi connectivity index (χ2v) is 3.70. The maximum Gasteiger partial charge on any atom is 0.224 e. The van der Waals surface area contributed by atoms with Gasteiger partial charge < -0.3 is 5.32 Å². The molecule has 0 spiro atoms. The zero-order chi connectivity index (χ0) is 8.39. The Hall–Kier alpha value is -0.570. The van der Waals surface area contributed by atoms with Crippen LogP contribution in [0.3, 0.4) is 0 Å². The van der Waals surface area contributed by atoms with Crippen molar-refractivity contribution in [2.45, 2.75) is 38.3 Å². The molecule has 1 unspecified atom stereocenters. The highest BCUT2D eigenvalue weighted by Crippen LogP contribution is 2.29. The molecule has 1 atom stereocenters. The first kappa shape index (κ1) is 8.05. The van der Waals surface area contributed by atoms with Crippen LogP contribution in [0, 0.1) is 5.92 Å². The van der Waals surface area contributed by atoms with Gasteiger partial charge in [0.25, 0.3) is 0 Å². The fourth-order valence-electron chi connectivity index (χ4n) is 1.53. The molecular weight excluding hydrogens is 152 g/mol. The topological polar surface area (TPSA) is 43.2 Å². The van der Waals surface area contributed by atoms with E-state index in [1.807, 2.05) is 0 Å². The quantitative estimate of drug-likeness (QED) is 0.644. The van der Waals surface area contributed by atoms with Crippen molar-refractivity contribution in [2.24, 2.45) is 5.92 Å². The highest BCUT2D eigenvalue weighted by atomic mass is 16.2. The summed E-state index contributed by atoms with van der Waals surface area (Å²) in [5.41, 5.74) is 0. The lowest BCUT2D eigenvalue weighted by Crippen LogP contribution is -2.44. The van der Waals surface area contributed by atoms with Crippen LogP contribution in [-0.4, -0.2) is 18.6 Å². The molecule has 1 heterocycles. The van der Waals surface area contributed by atoms with Crippen LogP contribution in [0.15, 0.2) is 0 Å². The fourth-order valence-corrected chi connectivity index (χ4v) is 1.53. The van der Waals surface area contributed by atoms with Crippen molar-refractivity contribution in [2.75, 3.05) is 6.54 Å². The second-order valence-electron chi connectivity index (χ2n) is 3.70. The molecule has 1 saturated heterocycles. The second kappa shape index (κ2) is 3.44. The number of nitrogens with one attached hydrogen (secondary N) is 1. The third-order valence-corrected chi connectivity index (χ3v) is 2.49. The van der Waals surface area contributed by atoms with E-state index < -0.39 is 0 Å². The molecule has 0 bridgehead atoms. The molecule has 3 heteroatoms. The first-order chi connectivity index (χ1) is 5.86. The monoisotopic (exact) mass is 167 g/mol. The molecule has 1 aliphatic heterocycles. The van der Waals surface area contributed by atoms with Gasteiger partial charge in [-0.1, -0.05) is 0 Å². The summed E-state index contributed by atoms with van der Waals surface area (Å²) < 4.78 is 0. The van der Waals surface area contributed by atoms with Gasteiger partial charge in [0.15, 0.2) is 0 Å². The normalized spacial score (nSPS) is 29.8. The van der Waals surface area contributed by atoms with Crippen molar-refractivity contribution in [3.8, 4) is 0 Å². The molecule has 0 aromatic heterocycles. The molecule has 2 fully saturated rings. The fraction of sp³-hybridized carbons (Fsp3) is 0.889. The Labute approximate surface area is 72.9 Å². The van der Waals surface area contributed by atoms with E-state index >= 15 is 0 Å². The Morgan fingerprint density at radius 2 is 2.08 bits per heavy atom. The van der Waals surface area contributed by atoms with Gasteiger partial charge in [-0.15, -0.1) is 0 Å². The van der Waals surface area contributed by atoms with Gasteiger partial charge in [-0.05, 0) is 32.1 Å². The van der Waals surface area contributed by atoms with Crippen molar-refractivity contribution >= 4 is 5.91 Å². The van der Waals surface area contributed by atoms with E-state index in [4.69, 9.17) is 0 Å². The van der Waals surface area contributed by atoms with Crippen LogP contribution in [0.4, 0.5) is 0 Å². The Balaban J connectivity index is 1.73. The Morgan fingerprint density at radius 1 is 1.25 bits per heavy atom. The van der Waals surface area contributed by atoms with E-state index in [-0.39, 0.29) is 12.1 Å². The molecule has 12 heavy (non-hydrogen) atoms. The van der Waals surface area contributed by atoms with E-state index in [1.54, 1.807) is 0 Å². The summed E-state index contributed by atoms with van der Waals surface area (Å²) >= 11 is 0. The minimum atomic E-state index is 0.131. The largest absolute Gasteiger partial charge is 0.339 e. The smallest absolute Gasteiger partial charge is 0.224 e. The average molecular weight is 167 g/mol. The summed E-state index contributed by atoms with van der Waals surface area (Å²) in [6.45, 7) is 0.926. The standard InChI is InChI=1S/C9H15N2O/c12-9(7-4-5-7)11-8-3-1-2-6-10-8/h7-8H,1-6H2,(H,11,12). The highest BCUT2D eigenvalue weighted by Gasteiger charge is 2.31. The molecule has 2 rings (SSSR count). The maximum absolute atomic E-state index is 11.3. The summed E-state index contributed by atoms with van der Waals surface area (Å²) in [5.74, 6) is 0.549. The van der Waals surface area contributed by atoms with Gasteiger partial charge in [0.1, 0.15) is 0 Å². The first-order valence-corrected chi connectivity index (χ1v) is 4.83. The van der Waals surface area contributed by atoms with Crippen LogP contribution in [0.25, 0.3) is 0 Å². The number of nitrogens with zero attached hydrogens (tertiary/aromatic N) is 1. The summed E-state index contributed by atoms with van der Waals surface area (Å²) in [5, 5.41) is 7.32. The molecule has 3 nitrogen and oxygen atoms in total. The van der Waals surface area contributed by atoms with Crippen LogP contribution in [0.5, 0.6) is 0 Å². The summed E-state index contributed by atoms with van der Waals surface area (Å²) in [4.78, 5) is 11.3. The van der Waals surface area contributed by atoms with Gasteiger partial charge in [-0.2, -0.15) is 0 Å².